The van der Waals surface area contributed by atoms with Crippen molar-refractivity contribution in [3.63, 3.8) is 0 Å². The van der Waals surface area contributed by atoms with E-state index in [4.69, 9.17) is 5.73 Å². The lowest BCUT2D eigenvalue weighted by Gasteiger charge is -2.27. The van der Waals surface area contributed by atoms with Gasteiger partial charge in [-0.25, -0.2) is 0 Å². The summed E-state index contributed by atoms with van der Waals surface area (Å²) in [5, 5.41) is 0. The number of aliphatic imine (C=N–C) groups is 1. The summed E-state index contributed by atoms with van der Waals surface area (Å²) in [4.78, 5) is 11.6. The molecule has 1 unspecified atom stereocenters. The Morgan fingerprint density at radius 2 is 2.10 bits per heavy atom. The quantitative estimate of drug-likeness (QED) is 0.926. The van der Waals surface area contributed by atoms with E-state index in [2.05, 4.69) is 61.8 Å². The van der Waals surface area contributed by atoms with Gasteiger partial charge in [-0.05, 0) is 31.6 Å². The minimum atomic E-state index is 0.211. The number of guanidine groups is 1. The highest BCUT2D eigenvalue weighted by Crippen LogP contribution is 2.35. The minimum Gasteiger partial charge on any atom is -0.370 e. The summed E-state index contributed by atoms with van der Waals surface area (Å²) in [5.74, 6) is 0.683. The van der Waals surface area contributed by atoms with Crippen molar-refractivity contribution in [1.82, 2.24) is 9.80 Å². The smallest absolute Gasteiger partial charge is 0.191 e. The molecule has 1 aliphatic heterocycles. The molecule has 0 spiro atoms. The van der Waals surface area contributed by atoms with E-state index in [1.807, 2.05) is 11.3 Å². The van der Waals surface area contributed by atoms with Gasteiger partial charge in [-0.15, -0.1) is 11.3 Å². The average molecular weight is 294 g/mol. The van der Waals surface area contributed by atoms with E-state index in [9.17, 15) is 0 Å². The molecule has 0 radical (unpaired) electrons. The van der Waals surface area contributed by atoms with Crippen LogP contribution in [0, 0.1) is 0 Å². The third-order valence-electron chi connectivity index (χ3n) is 3.58. The molecule has 0 fully saturated rings. The van der Waals surface area contributed by atoms with Crippen LogP contribution in [0.3, 0.4) is 0 Å². The van der Waals surface area contributed by atoms with Crippen LogP contribution in [0.2, 0.25) is 0 Å². The van der Waals surface area contributed by atoms with Gasteiger partial charge < -0.3 is 15.5 Å². The lowest BCUT2D eigenvalue weighted by Crippen LogP contribution is -2.40. The Balaban J connectivity index is 2.13. The number of hydrogen-bond donors (Lipinski definition) is 1. The molecule has 112 valence electrons. The van der Waals surface area contributed by atoms with E-state index in [-0.39, 0.29) is 5.41 Å². The molecule has 4 nitrogen and oxygen atoms in total. The van der Waals surface area contributed by atoms with Gasteiger partial charge in [0.15, 0.2) is 5.96 Å². The number of nitrogens with two attached hydrogens (primary N) is 1. The van der Waals surface area contributed by atoms with Crippen LogP contribution in [0.15, 0.2) is 17.1 Å². The first-order valence-corrected chi connectivity index (χ1v) is 7.92. The van der Waals surface area contributed by atoms with E-state index in [1.54, 1.807) is 0 Å². The van der Waals surface area contributed by atoms with Gasteiger partial charge in [-0.2, -0.15) is 0 Å². The molecule has 0 saturated heterocycles. The molecule has 1 aromatic heterocycles. The third kappa shape index (κ3) is 3.33. The first-order chi connectivity index (χ1) is 9.29. The molecule has 1 atom stereocenters. The lowest BCUT2D eigenvalue weighted by atomic mass is 9.95. The zero-order valence-corrected chi connectivity index (χ0v) is 14.0. The standard InChI is InChI=1S/C15H26N4S/c1-15(2,3)13-7-6-12(20-13)11-10-17-14(16)19(11)9-8-18(4)5/h6-7,11H,8-10H2,1-5H3,(H2,16,17). The topological polar surface area (TPSA) is 44.9 Å². The molecule has 2 rings (SSSR count). The summed E-state index contributed by atoms with van der Waals surface area (Å²) in [7, 11) is 4.17. The van der Waals surface area contributed by atoms with Gasteiger partial charge in [0.2, 0.25) is 0 Å². The average Bonchev–Trinajstić information content (AvgIpc) is 2.92. The molecule has 2 N–H and O–H groups in total. The zero-order chi connectivity index (χ0) is 14.9. The molecule has 2 heterocycles. The summed E-state index contributed by atoms with van der Waals surface area (Å²) in [5.41, 5.74) is 6.26. The molecular formula is C15H26N4S. The predicted molar refractivity (Wildman–Crippen MR) is 87.5 cm³/mol. The maximum atomic E-state index is 6.05. The minimum absolute atomic E-state index is 0.211. The van der Waals surface area contributed by atoms with Crippen molar-refractivity contribution >= 4 is 17.3 Å². The van der Waals surface area contributed by atoms with Crippen molar-refractivity contribution in [3.05, 3.63) is 21.9 Å². The van der Waals surface area contributed by atoms with Crippen LogP contribution < -0.4 is 5.73 Å². The molecule has 1 aromatic rings. The monoisotopic (exact) mass is 294 g/mol. The van der Waals surface area contributed by atoms with Crippen LogP contribution >= 0.6 is 11.3 Å². The van der Waals surface area contributed by atoms with Crippen molar-refractivity contribution < 1.29 is 0 Å². The van der Waals surface area contributed by atoms with E-state index >= 15 is 0 Å². The number of hydrogen-bond acceptors (Lipinski definition) is 5. The van der Waals surface area contributed by atoms with E-state index in [1.165, 1.54) is 9.75 Å². The highest BCUT2D eigenvalue weighted by Gasteiger charge is 2.29. The molecule has 0 aliphatic carbocycles. The van der Waals surface area contributed by atoms with Crippen LogP contribution in [0.1, 0.15) is 36.6 Å². The third-order valence-corrected chi connectivity index (χ3v) is 5.19. The zero-order valence-electron chi connectivity index (χ0n) is 13.2. The van der Waals surface area contributed by atoms with E-state index < -0.39 is 0 Å². The maximum absolute atomic E-state index is 6.05. The van der Waals surface area contributed by atoms with Crippen molar-refractivity contribution in [1.29, 1.82) is 0 Å². The molecule has 20 heavy (non-hydrogen) atoms. The van der Waals surface area contributed by atoms with Gasteiger partial charge in [0.25, 0.3) is 0 Å². The summed E-state index contributed by atoms with van der Waals surface area (Å²) >= 11 is 1.89. The number of thiophene rings is 1. The fourth-order valence-corrected chi connectivity index (χ4v) is 3.46. The Hall–Kier alpha value is -1.07. The summed E-state index contributed by atoms with van der Waals surface area (Å²) in [6.45, 7) is 9.47. The lowest BCUT2D eigenvalue weighted by molar-refractivity contribution is 0.295. The second-order valence-electron chi connectivity index (χ2n) is 6.66. The van der Waals surface area contributed by atoms with Crippen molar-refractivity contribution in [2.45, 2.75) is 32.2 Å². The summed E-state index contributed by atoms with van der Waals surface area (Å²) < 4.78 is 0. The molecule has 5 heteroatoms. The second-order valence-corrected chi connectivity index (χ2v) is 7.78. The normalized spacial score (nSPS) is 19.8. The first-order valence-electron chi connectivity index (χ1n) is 7.10. The van der Waals surface area contributed by atoms with Crippen molar-refractivity contribution in [3.8, 4) is 0 Å². The Morgan fingerprint density at radius 1 is 1.40 bits per heavy atom. The first kappa shape index (κ1) is 15.3. The molecular weight excluding hydrogens is 268 g/mol. The number of likely N-dealkylation sites (N-methyl/N-ethyl adjacent to an activating group) is 1. The Morgan fingerprint density at radius 3 is 2.65 bits per heavy atom. The molecule has 0 aromatic carbocycles. The van der Waals surface area contributed by atoms with E-state index in [0.29, 0.717) is 12.0 Å². The Kier molecular flexibility index (Phi) is 4.39. The van der Waals surface area contributed by atoms with Crippen LogP contribution in [-0.4, -0.2) is 49.5 Å². The highest BCUT2D eigenvalue weighted by molar-refractivity contribution is 7.12. The van der Waals surface area contributed by atoms with E-state index in [0.717, 1.165) is 19.6 Å². The van der Waals surface area contributed by atoms with Gasteiger partial charge in [-0.3, -0.25) is 4.99 Å². The van der Waals surface area contributed by atoms with Crippen LogP contribution in [-0.2, 0) is 5.41 Å². The van der Waals surface area contributed by atoms with Gasteiger partial charge in [0.1, 0.15) is 0 Å². The molecule has 0 saturated carbocycles. The van der Waals surface area contributed by atoms with Crippen LogP contribution in [0.4, 0.5) is 0 Å². The molecule has 0 amide bonds. The number of rotatable bonds is 4. The highest BCUT2D eigenvalue weighted by atomic mass is 32.1. The predicted octanol–water partition coefficient (Wildman–Crippen LogP) is 2.28. The molecule has 0 bridgehead atoms. The fourth-order valence-electron chi connectivity index (χ4n) is 2.29. The van der Waals surface area contributed by atoms with Gasteiger partial charge >= 0.3 is 0 Å². The van der Waals surface area contributed by atoms with Gasteiger partial charge in [-0.1, -0.05) is 20.8 Å². The fraction of sp³-hybridized carbons (Fsp3) is 0.667. The van der Waals surface area contributed by atoms with Crippen LogP contribution in [0.25, 0.3) is 0 Å². The number of nitrogens with zero attached hydrogens (tertiary/aromatic N) is 3. The van der Waals surface area contributed by atoms with Crippen LogP contribution in [0.5, 0.6) is 0 Å². The summed E-state index contributed by atoms with van der Waals surface area (Å²) in [6, 6.07) is 4.81. The SMILES string of the molecule is CN(C)CCN1C(N)=NCC1c1ccc(C(C)(C)C)s1. The van der Waals surface area contributed by atoms with Gasteiger partial charge in [0.05, 0.1) is 12.6 Å². The van der Waals surface area contributed by atoms with Gasteiger partial charge in [0, 0.05) is 22.8 Å². The Labute approximate surface area is 126 Å². The van der Waals surface area contributed by atoms with Crippen molar-refractivity contribution in [2.75, 3.05) is 33.7 Å². The largest absolute Gasteiger partial charge is 0.370 e. The Bertz CT molecular complexity index is 484. The maximum Gasteiger partial charge on any atom is 0.191 e. The molecule has 1 aliphatic rings. The summed E-state index contributed by atoms with van der Waals surface area (Å²) in [6.07, 6.45) is 0. The van der Waals surface area contributed by atoms with Crippen molar-refractivity contribution in [2.24, 2.45) is 10.7 Å². The second kappa shape index (κ2) is 5.74.